The molecule has 1 amide bonds. The van der Waals surface area contributed by atoms with Crippen LogP contribution in [0.3, 0.4) is 0 Å². The van der Waals surface area contributed by atoms with Crippen LogP contribution >= 0.6 is 11.8 Å². The molecule has 0 fully saturated rings. The number of rotatable bonds is 4. The van der Waals surface area contributed by atoms with E-state index in [0.717, 1.165) is 0 Å². The number of aromatic nitrogens is 4. The Morgan fingerprint density at radius 3 is 2.83 bits per heavy atom. The fraction of sp³-hybridized carbons (Fsp3) is 0.400. The van der Waals surface area contributed by atoms with E-state index in [-0.39, 0.29) is 29.5 Å². The number of hydrogen-bond acceptors (Lipinski definition) is 6. The number of carbonyl (C=O) groups is 1. The summed E-state index contributed by atoms with van der Waals surface area (Å²) in [6.07, 6.45) is 1.75. The number of hydrogen-bond donors (Lipinski definition) is 1. The Labute approximate surface area is 172 Å². The lowest BCUT2D eigenvalue weighted by Crippen LogP contribution is -2.29. The summed E-state index contributed by atoms with van der Waals surface area (Å²) in [5.41, 5.74) is 0.761. The Balaban J connectivity index is 1.62. The van der Waals surface area contributed by atoms with Crippen molar-refractivity contribution in [3.8, 4) is 5.75 Å². The number of nitrogens with one attached hydrogen (secondary N) is 1. The first-order chi connectivity index (χ1) is 13.8. The van der Waals surface area contributed by atoms with Gasteiger partial charge in [-0.05, 0) is 32.9 Å². The number of carbonyl (C=O) groups excluding carboxylic acids is 1. The SMILES string of the molecule is COc1ccccc1NC(=O)CC1CSc2nc3c(cnn3C(C)(C)C)c(=O)n21. The minimum Gasteiger partial charge on any atom is -0.495 e. The molecule has 0 saturated carbocycles. The fourth-order valence-corrected chi connectivity index (χ4v) is 4.57. The van der Waals surface area contributed by atoms with Gasteiger partial charge in [-0.25, -0.2) is 9.67 Å². The summed E-state index contributed by atoms with van der Waals surface area (Å²) < 4.78 is 8.68. The van der Waals surface area contributed by atoms with E-state index < -0.39 is 0 Å². The summed E-state index contributed by atoms with van der Waals surface area (Å²) in [7, 11) is 1.56. The summed E-state index contributed by atoms with van der Waals surface area (Å²) in [6, 6.07) is 6.98. The molecule has 0 aliphatic carbocycles. The number of ether oxygens (including phenoxy) is 1. The van der Waals surface area contributed by atoms with Gasteiger partial charge < -0.3 is 10.1 Å². The number of anilines is 1. The Kier molecular flexibility index (Phi) is 4.85. The highest BCUT2D eigenvalue weighted by Gasteiger charge is 2.30. The standard InChI is InChI=1S/C20H23N5O3S/c1-20(2,3)25-17-13(10-21-25)18(27)24-12(11-29-19(24)23-17)9-16(26)22-14-7-5-6-8-15(14)28-4/h5-8,10,12H,9,11H2,1-4H3,(H,22,26). The number of methoxy groups -OCH3 is 1. The van der Waals surface area contributed by atoms with Crippen molar-refractivity contribution in [1.29, 1.82) is 0 Å². The van der Waals surface area contributed by atoms with Crippen LogP contribution in [0.5, 0.6) is 5.75 Å². The van der Waals surface area contributed by atoms with Gasteiger partial charge in [-0.2, -0.15) is 5.10 Å². The molecule has 3 heterocycles. The van der Waals surface area contributed by atoms with Gasteiger partial charge in [0.05, 0.1) is 30.6 Å². The molecule has 152 valence electrons. The second-order valence-corrected chi connectivity index (χ2v) is 8.94. The van der Waals surface area contributed by atoms with Gasteiger partial charge in [-0.1, -0.05) is 23.9 Å². The number of nitrogens with zero attached hydrogens (tertiary/aromatic N) is 4. The van der Waals surface area contributed by atoms with E-state index in [1.54, 1.807) is 34.7 Å². The lowest BCUT2D eigenvalue weighted by atomic mass is 10.1. The van der Waals surface area contributed by atoms with E-state index in [0.29, 0.717) is 33.4 Å². The second-order valence-electron chi connectivity index (χ2n) is 7.95. The Hall–Kier alpha value is -2.81. The molecular formula is C20H23N5O3S. The smallest absolute Gasteiger partial charge is 0.265 e. The average Bonchev–Trinajstić information content (AvgIpc) is 3.27. The first-order valence-corrected chi connectivity index (χ1v) is 10.3. The molecule has 0 spiro atoms. The molecule has 8 nitrogen and oxygen atoms in total. The third kappa shape index (κ3) is 3.50. The van der Waals surface area contributed by atoms with Crippen LogP contribution < -0.4 is 15.6 Å². The molecule has 2 aromatic heterocycles. The van der Waals surface area contributed by atoms with Crippen molar-refractivity contribution in [2.75, 3.05) is 18.2 Å². The van der Waals surface area contributed by atoms with Crippen LogP contribution in [0, 0.1) is 0 Å². The number of amides is 1. The maximum atomic E-state index is 13.1. The molecule has 0 bridgehead atoms. The van der Waals surface area contributed by atoms with Crippen molar-refractivity contribution in [1.82, 2.24) is 19.3 Å². The van der Waals surface area contributed by atoms with Gasteiger partial charge in [0.1, 0.15) is 11.1 Å². The number of benzene rings is 1. The van der Waals surface area contributed by atoms with E-state index >= 15 is 0 Å². The molecule has 1 aliphatic heterocycles. The van der Waals surface area contributed by atoms with Crippen LogP contribution in [0.15, 0.2) is 40.4 Å². The van der Waals surface area contributed by atoms with E-state index in [9.17, 15) is 9.59 Å². The Morgan fingerprint density at radius 1 is 1.34 bits per heavy atom. The van der Waals surface area contributed by atoms with Gasteiger partial charge in [0.25, 0.3) is 5.56 Å². The summed E-state index contributed by atoms with van der Waals surface area (Å²) >= 11 is 1.49. The van der Waals surface area contributed by atoms with E-state index in [4.69, 9.17) is 4.74 Å². The third-order valence-electron chi connectivity index (χ3n) is 4.81. The normalized spacial score (nSPS) is 16.1. The lowest BCUT2D eigenvalue weighted by molar-refractivity contribution is -0.116. The van der Waals surface area contributed by atoms with Crippen LogP contribution in [0.1, 0.15) is 33.2 Å². The highest BCUT2D eigenvalue weighted by atomic mass is 32.2. The largest absolute Gasteiger partial charge is 0.495 e. The van der Waals surface area contributed by atoms with Crippen LogP contribution in [0.2, 0.25) is 0 Å². The Bertz CT molecular complexity index is 1150. The van der Waals surface area contributed by atoms with Gasteiger partial charge >= 0.3 is 0 Å². The lowest BCUT2D eigenvalue weighted by Gasteiger charge is -2.20. The van der Waals surface area contributed by atoms with Gasteiger partial charge in [-0.3, -0.25) is 14.2 Å². The van der Waals surface area contributed by atoms with Crippen molar-refractivity contribution in [2.24, 2.45) is 0 Å². The molecule has 0 saturated heterocycles. The van der Waals surface area contributed by atoms with Crippen molar-refractivity contribution in [3.05, 3.63) is 40.8 Å². The average molecular weight is 414 g/mol. The molecule has 1 aliphatic rings. The summed E-state index contributed by atoms with van der Waals surface area (Å²) in [5, 5.41) is 8.34. The second kappa shape index (κ2) is 7.22. The van der Waals surface area contributed by atoms with Crippen LogP contribution in [0.4, 0.5) is 5.69 Å². The maximum absolute atomic E-state index is 13.1. The van der Waals surface area contributed by atoms with Crippen molar-refractivity contribution in [3.63, 3.8) is 0 Å². The fourth-order valence-electron chi connectivity index (χ4n) is 3.43. The maximum Gasteiger partial charge on any atom is 0.265 e. The molecule has 1 atom stereocenters. The van der Waals surface area contributed by atoms with Crippen molar-refractivity contribution in [2.45, 2.75) is 43.9 Å². The monoisotopic (exact) mass is 413 g/mol. The highest BCUT2D eigenvalue weighted by Crippen LogP contribution is 2.34. The zero-order valence-electron chi connectivity index (χ0n) is 16.8. The number of thioether (sulfide) groups is 1. The number of para-hydroxylation sites is 2. The zero-order chi connectivity index (χ0) is 20.8. The summed E-state index contributed by atoms with van der Waals surface area (Å²) in [5.74, 6) is 1.04. The molecule has 1 unspecified atom stereocenters. The molecule has 9 heteroatoms. The molecular weight excluding hydrogens is 390 g/mol. The van der Waals surface area contributed by atoms with Gasteiger partial charge in [0.15, 0.2) is 10.8 Å². The number of fused-ring (bicyclic) bond motifs is 2. The molecule has 0 radical (unpaired) electrons. The van der Waals surface area contributed by atoms with E-state index in [2.05, 4.69) is 15.4 Å². The van der Waals surface area contributed by atoms with Crippen LogP contribution in [-0.2, 0) is 10.3 Å². The predicted octanol–water partition coefficient (Wildman–Crippen LogP) is 3.03. The van der Waals surface area contributed by atoms with Crippen LogP contribution in [0.25, 0.3) is 11.0 Å². The molecule has 1 N–H and O–H groups in total. The van der Waals surface area contributed by atoms with Gasteiger partial charge in [-0.15, -0.1) is 0 Å². The molecule has 29 heavy (non-hydrogen) atoms. The molecule has 4 rings (SSSR count). The molecule has 1 aromatic carbocycles. The highest BCUT2D eigenvalue weighted by molar-refractivity contribution is 7.99. The zero-order valence-corrected chi connectivity index (χ0v) is 17.6. The predicted molar refractivity (Wildman–Crippen MR) is 113 cm³/mol. The summed E-state index contributed by atoms with van der Waals surface area (Å²) in [4.78, 5) is 30.4. The Morgan fingerprint density at radius 2 is 2.10 bits per heavy atom. The van der Waals surface area contributed by atoms with Crippen molar-refractivity contribution < 1.29 is 9.53 Å². The topological polar surface area (TPSA) is 91.0 Å². The van der Waals surface area contributed by atoms with Crippen LogP contribution in [-0.4, -0.2) is 38.1 Å². The van der Waals surface area contributed by atoms with Gasteiger partial charge in [0, 0.05) is 12.2 Å². The minimum atomic E-state index is -0.280. The van der Waals surface area contributed by atoms with Crippen molar-refractivity contribution >= 4 is 34.4 Å². The first-order valence-electron chi connectivity index (χ1n) is 9.36. The third-order valence-corrected chi connectivity index (χ3v) is 5.91. The van der Waals surface area contributed by atoms with Gasteiger partial charge in [0.2, 0.25) is 5.91 Å². The minimum absolute atomic E-state index is 0.152. The van der Waals surface area contributed by atoms with E-state index in [1.165, 1.54) is 11.8 Å². The summed E-state index contributed by atoms with van der Waals surface area (Å²) in [6.45, 7) is 6.05. The molecule has 3 aromatic rings. The van der Waals surface area contributed by atoms with E-state index in [1.807, 2.05) is 32.9 Å². The quantitative estimate of drug-likeness (QED) is 0.661. The first kappa shape index (κ1) is 19.5.